The van der Waals surface area contributed by atoms with Gasteiger partial charge in [0.25, 0.3) is 0 Å². The molecule has 0 aliphatic heterocycles. The van der Waals surface area contributed by atoms with Gasteiger partial charge in [-0.3, -0.25) is 4.98 Å². The molecular weight excluding hydrogens is 505 g/mol. The van der Waals surface area contributed by atoms with Gasteiger partial charge in [-0.1, -0.05) is 42.5 Å². The fraction of sp³-hybridized carbons (Fsp3) is 0.250. The van der Waals surface area contributed by atoms with Gasteiger partial charge in [0.1, 0.15) is 5.54 Å². The van der Waals surface area contributed by atoms with E-state index in [1.807, 2.05) is 56.4 Å². The van der Waals surface area contributed by atoms with Gasteiger partial charge in [0.15, 0.2) is 0 Å². The van der Waals surface area contributed by atoms with Crippen molar-refractivity contribution >= 4 is 40.4 Å². The lowest BCUT2D eigenvalue weighted by atomic mass is 9.80. The summed E-state index contributed by atoms with van der Waals surface area (Å²) in [6.45, 7) is 3.91. The number of nitrogens with zero attached hydrogens (tertiary/aromatic N) is 1. The normalized spacial score (nSPS) is 13.0. The highest BCUT2D eigenvalue weighted by molar-refractivity contribution is 14.1. The van der Waals surface area contributed by atoms with Gasteiger partial charge in [-0.05, 0) is 78.1 Å². The van der Waals surface area contributed by atoms with Crippen LogP contribution in [0.2, 0.25) is 0 Å². The summed E-state index contributed by atoms with van der Waals surface area (Å²) in [7, 11) is 0. The van der Waals surface area contributed by atoms with Crippen molar-refractivity contribution in [2.24, 2.45) is 0 Å². The molecule has 0 saturated heterocycles. The smallest absolute Gasteiger partial charge is 0.316 e. The maximum Gasteiger partial charge on any atom is 0.316 e. The summed E-state index contributed by atoms with van der Waals surface area (Å²) < 4.78 is 1.05. The van der Waals surface area contributed by atoms with Crippen molar-refractivity contribution in [2.45, 2.75) is 36.7 Å². The lowest BCUT2D eigenvalue weighted by Crippen LogP contribution is -2.53. The Morgan fingerprint density at radius 1 is 1.10 bits per heavy atom. The third-order valence-corrected chi connectivity index (χ3v) is 6.15. The first-order valence-corrected chi connectivity index (χ1v) is 12.1. The largest absolute Gasteiger partial charge is 0.336 e. The second-order valence-electron chi connectivity index (χ2n) is 7.41. The third kappa shape index (κ3) is 5.55. The molecular formula is C24H26IN3OS. The van der Waals surface area contributed by atoms with Crippen molar-refractivity contribution in [1.29, 1.82) is 0 Å². The number of carbonyl (C=O) groups is 1. The predicted molar refractivity (Wildman–Crippen MR) is 133 cm³/mol. The van der Waals surface area contributed by atoms with Gasteiger partial charge in [0, 0.05) is 27.1 Å². The summed E-state index contributed by atoms with van der Waals surface area (Å²) in [5.41, 5.74) is 2.13. The van der Waals surface area contributed by atoms with E-state index >= 15 is 0 Å². The second kappa shape index (κ2) is 10.3. The highest BCUT2D eigenvalue weighted by Gasteiger charge is 2.38. The molecule has 2 amide bonds. The van der Waals surface area contributed by atoms with Crippen molar-refractivity contribution in [3.05, 3.63) is 93.3 Å². The first-order chi connectivity index (χ1) is 14.4. The molecule has 3 rings (SSSR count). The molecule has 1 atom stereocenters. The number of hydrogen-bond acceptors (Lipinski definition) is 3. The Balaban J connectivity index is 2.20. The monoisotopic (exact) mass is 531 g/mol. The summed E-state index contributed by atoms with van der Waals surface area (Å²) >= 11 is 3.93. The van der Waals surface area contributed by atoms with E-state index in [-0.39, 0.29) is 12.1 Å². The Bertz CT molecular complexity index is 979. The minimum Gasteiger partial charge on any atom is -0.336 e. The Morgan fingerprint density at radius 2 is 1.87 bits per heavy atom. The van der Waals surface area contributed by atoms with Gasteiger partial charge in [-0.15, -0.1) is 11.8 Å². The predicted octanol–water partition coefficient (Wildman–Crippen LogP) is 5.60. The zero-order chi connectivity index (χ0) is 21.6. The summed E-state index contributed by atoms with van der Waals surface area (Å²) in [4.78, 5) is 18.9. The zero-order valence-corrected chi connectivity index (χ0v) is 20.3. The van der Waals surface area contributed by atoms with Crippen LogP contribution in [0.4, 0.5) is 4.79 Å². The molecule has 0 spiro atoms. The highest BCUT2D eigenvalue weighted by atomic mass is 127. The maximum absolute atomic E-state index is 13.0. The Labute approximate surface area is 196 Å². The molecule has 156 valence electrons. The van der Waals surface area contributed by atoms with Gasteiger partial charge in [-0.25, -0.2) is 4.79 Å². The standard InChI is InChI=1S/C24H26IN3OS/c1-17(2)27-23(29)28-24(15-18-8-5-4-6-9-18,22-13-12-20(25)16-26-22)19-10-7-11-21(14-19)30-3/h4-14,16-17H,15H2,1-3H3,(H2,27,28,29). The summed E-state index contributed by atoms with van der Waals surface area (Å²) in [5.74, 6) is 0. The van der Waals surface area contributed by atoms with Crippen LogP contribution in [0.3, 0.4) is 0 Å². The average Bonchev–Trinajstić information content (AvgIpc) is 2.74. The molecule has 0 fully saturated rings. The Kier molecular flexibility index (Phi) is 7.77. The molecule has 3 aromatic rings. The van der Waals surface area contributed by atoms with Crippen LogP contribution in [0.1, 0.15) is 30.7 Å². The number of nitrogens with one attached hydrogen (secondary N) is 2. The molecule has 6 heteroatoms. The van der Waals surface area contributed by atoms with E-state index in [1.165, 1.54) is 0 Å². The van der Waals surface area contributed by atoms with Crippen molar-refractivity contribution in [2.75, 3.05) is 6.26 Å². The number of carbonyl (C=O) groups excluding carboxylic acids is 1. The van der Waals surface area contributed by atoms with Gasteiger partial charge in [0.05, 0.1) is 5.69 Å². The highest BCUT2D eigenvalue weighted by Crippen LogP contribution is 2.34. The molecule has 0 bridgehead atoms. The lowest BCUT2D eigenvalue weighted by Gasteiger charge is -2.36. The van der Waals surface area contributed by atoms with Crippen LogP contribution in [0.15, 0.2) is 77.8 Å². The molecule has 1 heterocycles. The van der Waals surface area contributed by atoms with Gasteiger partial charge < -0.3 is 10.6 Å². The van der Waals surface area contributed by atoms with E-state index in [9.17, 15) is 4.79 Å². The van der Waals surface area contributed by atoms with Gasteiger partial charge >= 0.3 is 6.03 Å². The van der Waals surface area contributed by atoms with Crippen molar-refractivity contribution in [3.63, 3.8) is 0 Å². The van der Waals surface area contributed by atoms with Crippen LogP contribution in [0.5, 0.6) is 0 Å². The van der Waals surface area contributed by atoms with Crippen LogP contribution < -0.4 is 10.6 Å². The zero-order valence-electron chi connectivity index (χ0n) is 17.4. The average molecular weight is 531 g/mol. The maximum atomic E-state index is 13.0. The number of benzene rings is 2. The fourth-order valence-electron chi connectivity index (χ4n) is 3.43. The number of aromatic nitrogens is 1. The SMILES string of the molecule is CSc1cccc(C(Cc2ccccc2)(NC(=O)NC(C)C)c2ccc(I)cn2)c1. The van der Waals surface area contributed by atoms with E-state index in [1.54, 1.807) is 11.8 Å². The molecule has 2 N–H and O–H groups in total. The van der Waals surface area contributed by atoms with Crippen LogP contribution in [-0.4, -0.2) is 23.3 Å². The quantitative estimate of drug-likeness (QED) is 0.308. The lowest BCUT2D eigenvalue weighted by molar-refractivity contribution is 0.227. The van der Waals surface area contributed by atoms with E-state index in [2.05, 4.69) is 69.8 Å². The first-order valence-electron chi connectivity index (χ1n) is 9.82. The van der Waals surface area contributed by atoms with Crippen molar-refractivity contribution in [3.8, 4) is 0 Å². The summed E-state index contributed by atoms with van der Waals surface area (Å²) in [6, 6.07) is 22.4. The molecule has 0 aliphatic rings. The number of urea groups is 1. The molecule has 4 nitrogen and oxygen atoms in total. The van der Waals surface area contributed by atoms with Crippen LogP contribution in [0.25, 0.3) is 0 Å². The number of thioether (sulfide) groups is 1. The third-order valence-electron chi connectivity index (χ3n) is 4.79. The Morgan fingerprint density at radius 3 is 2.50 bits per heavy atom. The molecule has 0 aliphatic carbocycles. The van der Waals surface area contributed by atoms with E-state index in [0.29, 0.717) is 6.42 Å². The minimum atomic E-state index is -0.809. The molecule has 1 aromatic heterocycles. The molecule has 1 unspecified atom stereocenters. The number of rotatable bonds is 7. The number of halogens is 1. The van der Waals surface area contributed by atoms with Gasteiger partial charge in [0.2, 0.25) is 0 Å². The van der Waals surface area contributed by atoms with E-state index < -0.39 is 5.54 Å². The van der Waals surface area contributed by atoms with Gasteiger partial charge in [-0.2, -0.15) is 0 Å². The number of hydrogen-bond donors (Lipinski definition) is 2. The summed E-state index contributed by atoms with van der Waals surface area (Å²) in [6.07, 6.45) is 4.49. The minimum absolute atomic E-state index is 0.0293. The molecule has 30 heavy (non-hydrogen) atoms. The fourth-order valence-corrected chi connectivity index (χ4v) is 4.21. The van der Waals surface area contributed by atoms with Crippen LogP contribution >= 0.6 is 34.4 Å². The Hall–Kier alpha value is -2.06. The molecule has 0 radical (unpaired) electrons. The topological polar surface area (TPSA) is 54.0 Å². The number of pyridine rings is 1. The molecule has 0 saturated carbocycles. The second-order valence-corrected chi connectivity index (χ2v) is 9.54. The first kappa shape index (κ1) is 22.6. The summed E-state index contributed by atoms with van der Waals surface area (Å²) in [5, 5.41) is 6.27. The van der Waals surface area contributed by atoms with Crippen molar-refractivity contribution < 1.29 is 4.79 Å². The number of amides is 2. The molecule has 2 aromatic carbocycles. The van der Waals surface area contributed by atoms with E-state index in [4.69, 9.17) is 4.98 Å². The van der Waals surface area contributed by atoms with Crippen LogP contribution in [0, 0.1) is 3.57 Å². The van der Waals surface area contributed by atoms with E-state index in [0.717, 1.165) is 25.3 Å². The van der Waals surface area contributed by atoms with Crippen molar-refractivity contribution in [1.82, 2.24) is 15.6 Å². The van der Waals surface area contributed by atoms with Crippen LogP contribution in [-0.2, 0) is 12.0 Å².